The van der Waals surface area contributed by atoms with Crippen LogP contribution < -0.4 is 0 Å². The Morgan fingerprint density at radius 3 is 2.08 bits per heavy atom. The van der Waals surface area contributed by atoms with Crippen molar-refractivity contribution in [3.05, 3.63) is 65.2 Å². The van der Waals surface area contributed by atoms with Crippen LogP contribution in [0.2, 0.25) is 0 Å². The zero-order chi connectivity index (χ0) is 18.8. The van der Waals surface area contributed by atoms with E-state index < -0.39 is 21.7 Å². The van der Waals surface area contributed by atoms with Crippen LogP contribution in [-0.4, -0.2) is 44.7 Å². The Bertz CT molecular complexity index is 881. The molecule has 0 atom stereocenters. The van der Waals surface area contributed by atoms with Crippen LogP contribution in [0.5, 0.6) is 0 Å². The Morgan fingerprint density at radius 2 is 1.56 bits per heavy atom. The molecule has 0 bridgehead atoms. The summed E-state index contributed by atoms with van der Waals surface area (Å²) in [6, 6.07) is 8.98. The van der Waals surface area contributed by atoms with Gasteiger partial charge in [0, 0.05) is 33.3 Å². The van der Waals surface area contributed by atoms with Crippen LogP contribution in [0.15, 0.2) is 47.4 Å². The minimum atomic E-state index is -3.57. The smallest absolute Gasteiger partial charge is 0.253 e. The Balaban J connectivity index is 2.15. The van der Waals surface area contributed by atoms with Gasteiger partial charge in [-0.2, -0.15) is 0 Å². The molecular formula is C17H18F2N2O3S. The highest BCUT2D eigenvalue weighted by molar-refractivity contribution is 7.89. The zero-order valence-electron chi connectivity index (χ0n) is 14.0. The molecule has 2 aromatic carbocycles. The molecule has 134 valence electrons. The van der Waals surface area contributed by atoms with Crippen LogP contribution in [0.4, 0.5) is 8.78 Å². The van der Waals surface area contributed by atoms with E-state index in [9.17, 15) is 22.0 Å². The van der Waals surface area contributed by atoms with E-state index >= 15 is 0 Å². The SMILES string of the molecule is CN(Cc1ccc(F)c(F)c1)C(=O)c1ccc(S(=O)(=O)N(C)C)cc1. The lowest BCUT2D eigenvalue weighted by atomic mass is 10.1. The first-order valence-electron chi connectivity index (χ1n) is 7.35. The molecule has 0 saturated heterocycles. The van der Waals surface area contributed by atoms with E-state index in [1.54, 1.807) is 0 Å². The number of hydrogen-bond donors (Lipinski definition) is 0. The molecule has 0 N–H and O–H groups in total. The van der Waals surface area contributed by atoms with E-state index in [4.69, 9.17) is 0 Å². The predicted octanol–water partition coefficient (Wildman–Crippen LogP) is 2.49. The number of rotatable bonds is 5. The summed E-state index contributed by atoms with van der Waals surface area (Å²) in [5.74, 6) is -2.29. The van der Waals surface area contributed by atoms with Crippen molar-refractivity contribution in [3.8, 4) is 0 Å². The van der Waals surface area contributed by atoms with Crippen molar-refractivity contribution < 1.29 is 22.0 Å². The minimum Gasteiger partial charge on any atom is -0.337 e. The number of halogens is 2. The molecule has 0 spiro atoms. The first-order valence-corrected chi connectivity index (χ1v) is 8.79. The van der Waals surface area contributed by atoms with Gasteiger partial charge in [-0.3, -0.25) is 4.79 Å². The number of hydrogen-bond acceptors (Lipinski definition) is 3. The van der Waals surface area contributed by atoms with E-state index in [1.165, 1.54) is 56.4 Å². The highest BCUT2D eigenvalue weighted by Crippen LogP contribution is 2.16. The van der Waals surface area contributed by atoms with Gasteiger partial charge in [0.15, 0.2) is 11.6 Å². The number of carbonyl (C=O) groups is 1. The summed E-state index contributed by atoms with van der Waals surface area (Å²) in [7, 11) is 0.797. The second-order valence-electron chi connectivity index (χ2n) is 5.72. The third-order valence-corrected chi connectivity index (χ3v) is 5.46. The minimum absolute atomic E-state index is 0.0808. The van der Waals surface area contributed by atoms with E-state index in [0.717, 1.165) is 16.4 Å². The molecule has 8 heteroatoms. The average Bonchev–Trinajstić information content (AvgIpc) is 2.57. The zero-order valence-corrected chi connectivity index (χ0v) is 14.8. The monoisotopic (exact) mass is 368 g/mol. The first-order chi connectivity index (χ1) is 11.6. The molecule has 0 aliphatic heterocycles. The molecule has 0 heterocycles. The van der Waals surface area contributed by atoms with Gasteiger partial charge in [0.2, 0.25) is 10.0 Å². The molecule has 0 radical (unpaired) electrons. The molecule has 0 unspecified atom stereocenters. The fraction of sp³-hybridized carbons (Fsp3) is 0.235. The van der Waals surface area contributed by atoms with Crippen molar-refractivity contribution in [3.63, 3.8) is 0 Å². The number of carbonyl (C=O) groups excluding carboxylic acids is 1. The second kappa shape index (κ2) is 7.28. The summed E-state index contributed by atoms with van der Waals surface area (Å²) in [5, 5.41) is 0. The van der Waals surface area contributed by atoms with Crippen LogP contribution in [0.3, 0.4) is 0 Å². The predicted molar refractivity (Wildman–Crippen MR) is 89.5 cm³/mol. The highest BCUT2D eigenvalue weighted by Gasteiger charge is 2.18. The Kier molecular flexibility index (Phi) is 5.54. The van der Waals surface area contributed by atoms with Crippen LogP contribution >= 0.6 is 0 Å². The molecule has 2 rings (SSSR count). The van der Waals surface area contributed by atoms with Crippen molar-refractivity contribution in [2.24, 2.45) is 0 Å². The van der Waals surface area contributed by atoms with Crippen molar-refractivity contribution in [2.45, 2.75) is 11.4 Å². The molecule has 0 fully saturated rings. The lowest BCUT2D eigenvalue weighted by Crippen LogP contribution is -2.26. The summed E-state index contributed by atoms with van der Waals surface area (Å²) in [5.41, 5.74) is 0.740. The summed E-state index contributed by atoms with van der Waals surface area (Å²) in [6.07, 6.45) is 0. The van der Waals surface area contributed by atoms with Gasteiger partial charge in [0.05, 0.1) is 4.90 Å². The number of nitrogens with zero attached hydrogens (tertiary/aromatic N) is 2. The quantitative estimate of drug-likeness (QED) is 0.815. The summed E-state index contributed by atoms with van der Waals surface area (Å²) in [4.78, 5) is 13.8. The Hall–Kier alpha value is -2.32. The van der Waals surface area contributed by atoms with Crippen LogP contribution in [0.25, 0.3) is 0 Å². The third-order valence-electron chi connectivity index (χ3n) is 3.63. The van der Waals surface area contributed by atoms with Gasteiger partial charge in [-0.25, -0.2) is 21.5 Å². The lowest BCUT2D eigenvalue weighted by molar-refractivity contribution is 0.0785. The highest BCUT2D eigenvalue weighted by atomic mass is 32.2. The molecular weight excluding hydrogens is 350 g/mol. The largest absolute Gasteiger partial charge is 0.337 e. The Labute approximate surface area is 145 Å². The van der Waals surface area contributed by atoms with Gasteiger partial charge in [-0.05, 0) is 42.0 Å². The maximum atomic E-state index is 13.2. The maximum absolute atomic E-state index is 13.2. The van der Waals surface area contributed by atoms with Gasteiger partial charge < -0.3 is 4.90 Å². The molecule has 1 amide bonds. The normalized spacial score (nSPS) is 11.6. The second-order valence-corrected chi connectivity index (χ2v) is 7.87. The van der Waals surface area contributed by atoms with Crippen molar-refractivity contribution in [2.75, 3.05) is 21.1 Å². The number of sulfonamides is 1. The number of amides is 1. The van der Waals surface area contributed by atoms with Gasteiger partial charge >= 0.3 is 0 Å². The molecule has 0 aliphatic carbocycles. The van der Waals surface area contributed by atoms with E-state index in [0.29, 0.717) is 11.1 Å². The molecule has 2 aromatic rings. The van der Waals surface area contributed by atoms with E-state index in [2.05, 4.69) is 0 Å². The first kappa shape index (κ1) is 19.0. The fourth-order valence-corrected chi connectivity index (χ4v) is 3.09. The van der Waals surface area contributed by atoms with Gasteiger partial charge in [-0.15, -0.1) is 0 Å². The van der Waals surface area contributed by atoms with Gasteiger partial charge in [0.1, 0.15) is 0 Å². The van der Waals surface area contributed by atoms with Gasteiger partial charge in [-0.1, -0.05) is 6.07 Å². The van der Waals surface area contributed by atoms with Crippen molar-refractivity contribution in [1.82, 2.24) is 9.21 Å². The Morgan fingerprint density at radius 1 is 0.960 bits per heavy atom. The van der Waals surface area contributed by atoms with E-state index in [-0.39, 0.29) is 17.3 Å². The van der Waals surface area contributed by atoms with Gasteiger partial charge in [0.25, 0.3) is 5.91 Å². The summed E-state index contributed by atoms with van der Waals surface area (Å²) >= 11 is 0. The standard InChI is InChI=1S/C17H18F2N2O3S/c1-20(2)25(23,24)14-7-5-13(6-8-14)17(22)21(3)11-12-4-9-15(18)16(19)10-12/h4-10H,11H2,1-3H3. The van der Waals surface area contributed by atoms with Crippen molar-refractivity contribution >= 4 is 15.9 Å². The molecule has 0 aliphatic rings. The average molecular weight is 368 g/mol. The van der Waals surface area contributed by atoms with Crippen LogP contribution in [0.1, 0.15) is 15.9 Å². The summed E-state index contributed by atoms with van der Waals surface area (Å²) < 4.78 is 51.3. The molecule has 5 nitrogen and oxygen atoms in total. The topological polar surface area (TPSA) is 57.7 Å². The van der Waals surface area contributed by atoms with Crippen molar-refractivity contribution in [1.29, 1.82) is 0 Å². The molecule has 0 aromatic heterocycles. The van der Waals surface area contributed by atoms with Crippen LogP contribution in [-0.2, 0) is 16.6 Å². The fourth-order valence-electron chi connectivity index (χ4n) is 2.18. The third kappa shape index (κ3) is 4.21. The summed E-state index contributed by atoms with van der Waals surface area (Å²) in [6.45, 7) is 0.0911. The lowest BCUT2D eigenvalue weighted by Gasteiger charge is -2.18. The number of benzene rings is 2. The molecule has 0 saturated carbocycles. The van der Waals surface area contributed by atoms with Crippen LogP contribution in [0, 0.1) is 11.6 Å². The van der Waals surface area contributed by atoms with E-state index in [1.807, 2.05) is 0 Å². The maximum Gasteiger partial charge on any atom is 0.253 e. The molecule has 25 heavy (non-hydrogen) atoms.